The maximum Gasteiger partial charge on any atom is 0.200 e. The molecule has 1 aliphatic heterocycles. The van der Waals surface area contributed by atoms with Crippen molar-refractivity contribution < 1.29 is 0 Å². The third-order valence-electron chi connectivity index (χ3n) is 1.77. The highest BCUT2D eigenvalue weighted by molar-refractivity contribution is 5.99. The molecule has 0 saturated heterocycles. The molecule has 16 heavy (non-hydrogen) atoms. The van der Waals surface area contributed by atoms with E-state index in [0.29, 0.717) is 18.5 Å². The van der Waals surface area contributed by atoms with Crippen molar-refractivity contribution in [1.29, 1.82) is 0 Å². The zero-order chi connectivity index (χ0) is 11.8. The first-order chi connectivity index (χ1) is 7.72. The Hall–Kier alpha value is -2.04. The van der Waals surface area contributed by atoms with E-state index in [2.05, 4.69) is 27.2 Å². The Morgan fingerprint density at radius 1 is 1.44 bits per heavy atom. The standard InChI is InChI=1S/C11H17N5/c1-3-4-5-6-7-8-13-11-15-9(2)14-10(12)16-11/h3-7,9H,1,8H2,2H3,(H4,12,13,14,15,16)/b5-4-,7-6-. The first-order valence-electron chi connectivity index (χ1n) is 5.08. The molecule has 0 aromatic carbocycles. The van der Waals surface area contributed by atoms with Crippen molar-refractivity contribution in [3.8, 4) is 0 Å². The molecule has 0 aromatic rings. The quantitative estimate of drug-likeness (QED) is 0.602. The third kappa shape index (κ3) is 4.45. The van der Waals surface area contributed by atoms with Crippen LogP contribution in [0.25, 0.3) is 0 Å². The van der Waals surface area contributed by atoms with Gasteiger partial charge in [0.1, 0.15) is 6.17 Å². The van der Waals surface area contributed by atoms with Crippen LogP contribution in [0.15, 0.2) is 46.9 Å². The number of allylic oxidation sites excluding steroid dienone is 4. The Kier molecular flexibility index (Phi) is 4.85. The van der Waals surface area contributed by atoms with Crippen LogP contribution < -0.4 is 16.4 Å². The van der Waals surface area contributed by atoms with Crippen LogP contribution in [0.5, 0.6) is 0 Å². The van der Waals surface area contributed by atoms with Gasteiger partial charge in [0.05, 0.1) is 0 Å². The summed E-state index contributed by atoms with van der Waals surface area (Å²) in [5.74, 6) is 1.04. The molecule has 0 aromatic heterocycles. The molecule has 0 bridgehead atoms. The molecule has 0 radical (unpaired) electrons. The second-order valence-electron chi connectivity index (χ2n) is 3.18. The molecule has 1 aliphatic rings. The number of hydrogen-bond donors (Lipinski definition) is 3. The van der Waals surface area contributed by atoms with Gasteiger partial charge in [0.15, 0.2) is 5.96 Å². The van der Waals surface area contributed by atoms with E-state index < -0.39 is 0 Å². The molecule has 1 heterocycles. The average molecular weight is 219 g/mol. The van der Waals surface area contributed by atoms with Crippen molar-refractivity contribution in [3.63, 3.8) is 0 Å². The van der Waals surface area contributed by atoms with Crippen LogP contribution in [0, 0.1) is 0 Å². The molecule has 86 valence electrons. The van der Waals surface area contributed by atoms with E-state index in [-0.39, 0.29) is 6.17 Å². The largest absolute Gasteiger partial charge is 0.370 e. The van der Waals surface area contributed by atoms with Gasteiger partial charge in [-0.25, -0.2) is 9.98 Å². The van der Waals surface area contributed by atoms with E-state index in [1.807, 2.05) is 31.2 Å². The molecular weight excluding hydrogens is 202 g/mol. The monoisotopic (exact) mass is 219 g/mol. The average Bonchev–Trinajstić information content (AvgIpc) is 2.22. The lowest BCUT2D eigenvalue weighted by atomic mass is 10.4. The fourth-order valence-corrected chi connectivity index (χ4v) is 1.14. The van der Waals surface area contributed by atoms with Crippen LogP contribution in [-0.2, 0) is 0 Å². The summed E-state index contributed by atoms with van der Waals surface area (Å²) in [4.78, 5) is 8.24. The fourth-order valence-electron chi connectivity index (χ4n) is 1.14. The number of nitrogens with zero attached hydrogens (tertiary/aromatic N) is 2. The molecule has 0 fully saturated rings. The third-order valence-corrected chi connectivity index (χ3v) is 1.77. The van der Waals surface area contributed by atoms with E-state index in [9.17, 15) is 0 Å². The summed E-state index contributed by atoms with van der Waals surface area (Å²) in [7, 11) is 0. The maximum atomic E-state index is 5.56. The SMILES string of the molecule is C=C/C=C\C=C/CNC1=NC(C)N=C(N)N1. The second kappa shape index (κ2) is 6.44. The van der Waals surface area contributed by atoms with E-state index in [1.165, 1.54) is 0 Å². The second-order valence-corrected chi connectivity index (χ2v) is 3.18. The smallest absolute Gasteiger partial charge is 0.200 e. The first-order valence-corrected chi connectivity index (χ1v) is 5.08. The van der Waals surface area contributed by atoms with Gasteiger partial charge in [-0.2, -0.15) is 0 Å². The van der Waals surface area contributed by atoms with Crippen molar-refractivity contribution in [2.45, 2.75) is 13.1 Å². The van der Waals surface area contributed by atoms with Crippen molar-refractivity contribution in [2.24, 2.45) is 15.7 Å². The van der Waals surface area contributed by atoms with E-state index in [1.54, 1.807) is 6.08 Å². The van der Waals surface area contributed by atoms with E-state index in [4.69, 9.17) is 5.73 Å². The molecule has 1 unspecified atom stereocenters. The summed E-state index contributed by atoms with van der Waals surface area (Å²) in [5.41, 5.74) is 5.56. The van der Waals surface area contributed by atoms with E-state index >= 15 is 0 Å². The summed E-state index contributed by atoms with van der Waals surface area (Å²) < 4.78 is 0. The first kappa shape index (κ1) is 12.0. The lowest BCUT2D eigenvalue weighted by Crippen LogP contribution is -2.47. The van der Waals surface area contributed by atoms with Crippen LogP contribution in [0.4, 0.5) is 0 Å². The summed E-state index contributed by atoms with van der Waals surface area (Å²) in [6.45, 7) is 6.12. The molecule has 5 heteroatoms. The highest BCUT2D eigenvalue weighted by Gasteiger charge is 2.08. The lowest BCUT2D eigenvalue weighted by Gasteiger charge is -2.16. The fraction of sp³-hybridized carbons (Fsp3) is 0.273. The predicted octanol–water partition coefficient (Wildman–Crippen LogP) is 0.494. The minimum atomic E-state index is -0.131. The molecule has 0 saturated carbocycles. The summed E-state index contributed by atoms with van der Waals surface area (Å²) in [6, 6.07) is 0. The molecule has 0 spiro atoms. The molecular formula is C11H17N5. The predicted molar refractivity (Wildman–Crippen MR) is 68.1 cm³/mol. The van der Waals surface area contributed by atoms with Gasteiger partial charge < -0.3 is 11.1 Å². The number of nitrogens with two attached hydrogens (primary N) is 1. The Morgan fingerprint density at radius 3 is 2.94 bits per heavy atom. The van der Waals surface area contributed by atoms with Crippen LogP contribution >= 0.6 is 0 Å². The summed E-state index contributed by atoms with van der Waals surface area (Å²) >= 11 is 0. The molecule has 4 N–H and O–H groups in total. The summed E-state index contributed by atoms with van der Waals surface area (Å²) in [6.07, 6.45) is 9.26. The van der Waals surface area contributed by atoms with Crippen LogP contribution in [0.3, 0.4) is 0 Å². The Bertz CT molecular complexity index is 351. The van der Waals surface area contributed by atoms with Crippen molar-refractivity contribution in [3.05, 3.63) is 37.0 Å². The number of aliphatic imine (C=N–C) groups is 2. The van der Waals surface area contributed by atoms with Gasteiger partial charge in [0, 0.05) is 6.54 Å². The molecule has 0 aliphatic carbocycles. The molecule has 5 nitrogen and oxygen atoms in total. The van der Waals surface area contributed by atoms with Crippen molar-refractivity contribution >= 4 is 11.9 Å². The van der Waals surface area contributed by atoms with Gasteiger partial charge in [-0.05, 0) is 6.92 Å². The van der Waals surface area contributed by atoms with E-state index in [0.717, 1.165) is 0 Å². The minimum absolute atomic E-state index is 0.131. The van der Waals surface area contributed by atoms with Crippen LogP contribution in [0.2, 0.25) is 0 Å². The molecule has 1 atom stereocenters. The van der Waals surface area contributed by atoms with Gasteiger partial charge in [-0.15, -0.1) is 0 Å². The highest BCUT2D eigenvalue weighted by Crippen LogP contribution is 1.94. The molecule has 0 amide bonds. The van der Waals surface area contributed by atoms with Crippen LogP contribution in [0.1, 0.15) is 6.92 Å². The number of guanidine groups is 2. The minimum Gasteiger partial charge on any atom is -0.370 e. The lowest BCUT2D eigenvalue weighted by molar-refractivity contribution is 0.749. The Labute approximate surface area is 95.5 Å². The maximum absolute atomic E-state index is 5.56. The zero-order valence-corrected chi connectivity index (χ0v) is 9.35. The number of rotatable bonds is 4. The highest BCUT2D eigenvalue weighted by atomic mass is 15.3. The summed E-state index contributed by atoms with van der Waals surface area (Å²) in [5, 5.41) is 5.94. The zero-order valence-electron chi connectivity index (χ0n) is 9.35. The topological polar surface area (TPSA) is 74.8 Å². The molecule has 1 rings (SSSR count). The van der Waals surface area contributed by atoms with Gasteiger partial charge in [0.25, 0.3) is 0 Å². The Morgan fingerprint density at radius 2 is 2.25 bits per heavy atom. The Balaban J connectivity index is 2.31. The van der Waals surface area contributed by atoms with Crippen molar-refractivity contribution in [2.75, 3.05) is 6.54 Å². The van der Waals surface area contributed by atoms with Gasteiger partial charge in [-0.1, -0.05) is 37.0 Å². The van der Waals surface area contributed by atoms with Gasteiger partial charge in [-0.3, -0.25) is 5.32 Å². The van der Waals surface area contributed by atoms with Gasteiger partial charge >= 0.3 is 0 Å². The van der Waals surface area contributed by atoms with Crippen LogP contribution in [-0.4, -0.2) is 24.6 Å². The van der Waals surface area contributed by atoms with Gasteiger partial charge in [0.2, 0.25) is 5.96 Å². The number of nitrogens with one attached hydrogen (secondary N) is 2. The van der Waals surface area contributed by atoms with Crippen molar-refractivity contribution in [1.82, 2.24) is 10.6 Å². The normalized spacial score (nSPS) is 20.4. The number of hydrogen-bond acceptors (Lipinski definition) is 5.